The largest absolute Gasteiger partial charge is 0.492 e. The van der Waals surface area contributed by atoms with Gasteiger partial charge in [-0.15, -0.1) is 0 Å². The molecule has 0 aliphatic rings. The van der Waals surface area contributed by atoms with Gasteiger partial charge in [-0.2, -0.15) is 0 Å². The molecular weight excluding hydrogens is 564 g/mol. The predicted molar refractivity (Wildman–Crippen MR) is 177 cm³/mol. The molecule has 4 rings (SSSR count). The van der Waals surface area contributed by atoms with Crippen molar-refractivity contribution in [1.29, 1.82) is 0 Å². The maximum atomic E-state index is 13.2. The van der Waals surface area contributed by atoms with E-state index in [0.29, 0.717) is 55.1 Å². The zero-order valence-electron chi connectivity index (χ0n) is 26.5. The molecule has 0 radical (unpaired) electrons. The molecular formula is C38H42N2O5. The Labute approximate surface area is 266 Å². The molecule has 45 heavy (non-hydrogen) atoms. The molecule has 0 heterocycles. The molecule has 234 valence electrons. The van der Waals surface area contributed by atoms with Gasteiger partial charge < -0.3 is 19.7 Å². The number of carbonyl (C=O) groups is 3. The van der Waals surface area contributed by atoms with E-state index in [4.69, 9.17) is 9.47 Å². The van der Waals surface area contributed by atoms with Gasteiger partial charge in [0.2, 0.25) is 5.91 Å². The molecule has 0 aromatic heterocycles. The van der Waals surface area contributed by atoms with Gasteiger partial charge >= 0.3 is 5.97 Å². The summed E-state index contributed by atoms with van der Waals surface area (Å²) in [4.78, 5) is 41.0. The van der Waals surface area contributed by atoms with Gasteiger partial charge in [-0.05, 0) is 40.8 Å². The Hall–Kier alpha value is -4.91. The van der Waals surface area contributed by atoms with E-state index in [-0.39, 0.29) is 17.1 Å². The number of carbonyl (C=O) groups excluding carboxylic acids is 3. The van der Waals surface area contributed by atoms with Crippen LogP contribution in [-0.4, -0.2) is 48.9 Å². The summed E-state index contributed by atoms with van der Waals surface area (Å²) >= 11 is 0. The molecule has 0 bridgehead atoms. The molecule has 0 fully saturated rings. The van der Waals surface area contributed by atoms with Crippen molar-refractivity contribution in [1.82, 2.24) is 4.90 Å². The van der Waals surface area contributed by atoms with Gasteiger partial charge in [0.25, 0.3) is 0 Å². The van der Waals surface area contributed by atoms with Gasteiger partial charge in [0.1, 0.15) is 18.4 Å². The Morgan fingerprint density at radius 3 is 2.04 bits per heavy atom. The van der Waals surface area contributed by atoms with Crippen molar-refractivity contribution in [2.45, 2.75) is 46.2 Å². The fraction of sp³-hybridized carbons (Fsp3) is 0.289. The van der Waals surface area contributed by atoms with Crippen LogP contribution in [0.3, 0.4) is 0 Å². The first-order valence-electron chi connectivity index (χ1n) is 15.2. The van der Waals surface area contributed by atoms with Crippen molar-refractivity contribution in [2.75, 3.05) is 25.6 Å². The van der Waals surface area contributed by atoms with Crippen molar-refractivity contribution in [3.05, 3.63) is 131 Å². The molecule has 4 aromatic carbocycles. The Kier molecular flexibility index (Phi) is 11.5. The van der Waals surface area contributed by atoms with Crippen LogP contribution in [0.25, 0.3) is 0 Å². The average Bonchev–Trinajstić information content (AvgIpc) is 3.04. The van der Waals surface area contributed by atoms with Gasteiger partial charge in [0.15, 0.2) is 5.78 Å². The smallest absolute Gasteiger partial charge is 0.328 e. The lowest BCUT2D eigenvalue weighted by Crippen LogP contribution is -2.36. The summed E-state index contributed by atoms with van der Waals surface area (Å²) in [7, 11) is 1.35. The third kappa shape index (κ3) is 10.1. The van der Waals surface area contributed by atoms with Crippen LogP contribution in [0, 0.1) is 5.41 Å². The van der Waals surface area contributed by atoms with E-state index in [1.54, 1.807) is 30.3 Å². The lowest BCUT2D eigenvalue weighted by atomic mass is 9.91. The Morgan fingerprint density at radius 1 is 0.778 bits per heavy atom. The quantitative estimate of drug-likeness (QED) is 0.123. The number of rotatable bonds is 14. The number of esters is 1. The number of benzene rings is 4. The highest BCUT2D eigenvalue weighted by Gasteiger charge is 2.23. The Morgan fingerprint density at radius 2 is 1.40 bits per heavy atom. The van der Waals surface area contributed by atoms with E-state index in [1.807, 2.05) is 83.8 Å². The number of methoxy groups -OCH3 is 1. The van der Waals surface area contributed by atoms with E-state index in [1.165, 1.54) is 7.11 Å². The number of para-hydroxylation sites is 1. The van der Waals surface area contributed by atoms with Crippen LogP contribution < -0.4 is 10.1 Å². The first kappa shape index (κ1) is 33.0. The van der Waals surface area contributed by atoms with Crippen molar-refractivity contribution in [3.63, 3.8) is 0 Å². The second-order valence-corrected chi connectivity index (χ2v) is 12.2. The van der Waals surface area contributed by atoms with Crippen molar-refractivity contribution >= 4 is 23.3 Å². The molecule has 7 heteroatoms. The lowest BCUT2D eigenvalue weighted by Gasteiger charge is -2.27. The van der Waals surface area contributed by atoms with E-state index < -0.39 is 12.0 Å². The highest BCUT2D eigenvalue weighted by atomic mass is 16.5. The van der Waals surface area contributed by atoms with E-state index in [9.17, 15) is 14.4 Å². The van der Waals surface area contributed by atoms with Crippen LogP contribution >= 0.6 is 0 Å². The van der Waals surface area contributed by atoms with Crippen LogP contribution in [0.5, 0.6) is 5.75 Å². The Balaban J connectivity index is 1.39. The van der Waals surface area contributed by atoms with Crippen LogP contribution in [0.2, 0.25) is 0 Å². The van der Waals surface area contributed by atoms with Gasteiger partial charge in [-0.1, -0.05) is 106 Å². The molecule has 0 aliphatic heterocycles. The zero-order chi connectivity index (χ0) is 32.2. The monoisotopic (exact) mass is 606 g/mol. The minimum Gasteiger partial charge on any atom is -0.492 e. The average molecular weight is 607 g/mol. The fourth-order valence-corrected chi connectivity index (χ4v) is 4.97. The molecule has 0 saturated heterocycles. The summed E-state index contributed by atoms with van der Waals surface area (Å²) in [5.41, 5.74) is 3.46. The minimum absolute atomic E-state index is 0.0960. The maximum absolute atomic E-state index is 13.2. The number of nitrogens with zero attached hydrogens (tertiary/aromatic N) is 1. The molecule has 0 spiro atoms. The first-order chi connectivity index (χ1) is 21.6. The number of ketones is 1. The predicted octanol–water partition coefficient (Wildman–Crippen LogP) is 6.96. The second kappa shape index (κ2) is 15.7. The van der Waals surface area contributed by atoms with Crippen LogP contribution in [0.1, 0.15) is 54.2 Å². The number of nitrogens with one attached hydrogen (secondary N) is 1. The number of ether oxygens (including phenoxy) is 2. The van der Waals surface area contributed by atoms with Gasteiger partial charge in [-0.25, -0.2) is 4.79 Å². The topological polar surface area (TPSA) is 84.9 Å². The molecule has 1 N–H and O–H groups in total. The number of anilines is 1. The van der Waals surface area contributed by atoms with E-state index in [2.05, 4.69) is 26.1 Å². The highest BCUT2D eigenvalue weighted by Crippen LogP contribution is 2.23. The third-order valence-electron chi connectivity index (χ3n) is 7.27. The molecule has 0 saturated carbocycles. The zero-order valence-corrected chi connectivity index (χ0v) is 26.5. The fourth-order valence-electron chi connectivity index (χ4n) is 4.97. The molecule has 1 amide bonds. The maximum Gasteiger partial charge on any atom is 0.328 e. The number of hydrogen-bond acceptors (Lipinski definition) is 6. The molecule has 4 aromatic rings. The van der Waals surface area contributed by atoms with Gasteiger partial charge in [-0.3, -0.25) is 9.59 Å². The Bertz CT molecular complexity index is 1550. The number of hydrogen-bond donors (Lipinski definition) is 1. The van der Waals surface area contributed by atoms with E-state index >= 15 is 0 Å². The summed E-state index contributed by atoms with van der Waals surface area (Å²) < 4.78 is 11.1. The molecule has 0 aliphatic carbocycles. The number of amides is 1. The summed E-state index contributed by atoms with van der Waals surface area (Å²) in [6.45, 7) is 7.52. The standard InChI is InChI=1S/C38H42N2O5/c1-38(2,3)26-35(41)40(27-29-13-7-5-8-14-29)23-24-45-31-21-19-28(20-22-31)25-34(37(43)44-4)39-33-18-12-11-17-32(33)36(42)30-15-9-6-10-16-30/h5-22,34,39H,23-27H2,1-4H3/t34-/m0/s1. The minimum atomic E-state index is -0.716. The van der Waals surface area contributed by atoms with Gasteiger partial charge in [0, 0.05) is 36.2 Å². The van der Waals surface area contributed by atoms with Crippen molar-refractivity contribution in [3.8, 4) is 5.75 Å². The molecule has 0 unspecified atom stereocenters. The first-order valence-corrected chi connectivity index (χ1v) is 15.2. The van der Waals surface area contributed by atoms with Crippen LogP contribution in [-0.2, 0) is 27.3 Å². The highest BCUT2D eigenvalue weighted by molar-refractivity contribution is 6.12. The summed E-state index contributed by atoms with van der Waals surface area (Å²) in [5, 5.41) is 3.24. The SMILES string of the molecule is COC(=O)[C@H](Cc1ccc(OCCN(Cc2ccccc2)C(=O)CC(C)(C)C)cc1)Nc1ccccc1C(=O)c1ccccc1. The summed E-state index contributed by atoms with van der Waals surface area (Å²) in [6, 6.07) is 33.0. The lowest BCUT2D eigenvalue weighted by molar-refractivity contribution is -0.141. The molecule has 7 nitrogen and oxygen atoms in total. The summed E-state index contributed by atoms with van der Waals surface area (Å²) in [6.07, 6.45) is 0.793. The second-order valence-electron chi connectivity index (χ2n) is 12.2. The van der Waals surface area contributed by atoms with Crippen molar-refractivity contribution in [2.24, 2.45) is 5.41 Å². The van der Waals surface area contributed by atoms with Crippen LogP contribution in [0.15, 0.2) is 109 Å². The molecule has 1 atom stereocenters. The van der Waals surface area contributed by atoms with Crippen molar-refractivity contribution < 1.29 is 23.9 Å². The third-order valence-corrected chi connectivity index (χ3v) is 7.27. The van der Waals surface area contributed by atoms with E-state index in [0.717, 1.165) is 11.1 Å². The summed E-state index contributed by atoms with van der Waals surface area (Å²) in [5.74, 6) is 0.198. The normalized spacial score (nSPS) is 11.7. The van der Waals surface area contributed by atoms with Crippen LogP contribution in [0.4, 0.5) is 5.69 Å². The van der Waals surface area contributed by atoms with Gasteiger partial charge in [0.05, 0.1) is 13.7 Å².